The van der Waals surface area contributed by atoms with Crippen LogP contribution in [0.3, 0.4) is 0 Å². The molecular weight excluding hydrogens is 2050 g/mol. The summed E-state index contributed by atoms with van der Waals surface area (Å²) < 4.78 is 66.9. The SMILES string of the molecule is CC(=O)C=C(C)O.CC(=O)C=C(C)O.CC(=O)C=C(C)O.Cc1[c-]c(-c2ccc3cc(C)ccc3n2)cc(C)c1.Fc1ccc2nc(-c3[c-]cccc3)cc(F)c2c1F.N#Cc1ccc2nc(-c3[c-]c(F)cc(F)c3)ccc2c1.[Ir].[Ir].[Ir].[Ir].[c-]1ccccc1-c1ccc2cc(C3CCCCC3)ccc2n1. The van der Waals surface area contributed by atoms with Crippen LogP contribution in [0.25, 0.3) is 88.6 Å². The van der Waals surface area contributed by atoms with Crippen molar-refractivity contribution < 1.29 is 132 Å². The van der Waals surface area contributed by atoms with E-state index in [1.54, 1.807) is 54.6 Å². The average molecular weight is 2130 g/mol. The molecule has 1 aliphatic rings. The second-order valence-corrected chi connectivity index (χ2v) is 23.9. The van der Waals surface area contributed by atoms with E-state index in [0.29, 0.717) is 28.0 Å². The quantitative estimate of drug-likeness (QED) is 0.0569. The van der Waals surface area contributed by atoms with E-state index in [2.05, 4.69) is 134 Å². The van der Waals surface area contributed by atoms with E-state index in [4.69, 9.17) is 30.5 Å². The van der Waals surface area contributed by atoms with Crippen LogP contribution in [0, 0.1) is 85.5 Å². The van der Waals surface area contributed by atoms with Crippen molar-refractivity contribution in [3.05, 3.63) is 299 Å². The van der Waals surface area contributed by atoms with Gasteiger partial charge in [0.25, 0.3) is 0 Å². The predicted molar refractivity (Wildman–Crippen MR) is 390 cm³/mol. The Hall–Kier alpha value is -9.23. The molecule has 550 valence electrons. The van der Waals surface area contributed by atoms with Gasteiger partial charge in [-0.3, -0.25) is 34.3 Å². The van der Waals surface area contributed by atoms with Crippen molar-refractivity contribution in [2.45, 2.75) is 100 Å². The number of nitrogens with zero attached hydrogens (tertiary/aromatic N) is 5. The Kier molecular flexibility index (Phi) is 38.2. The number of nitriles is 1. The van der Waals surface area contributed by atoms with Crippen molar-refractivity contribution in [3.63, 3.8) is 0 Å². The van der Waals surface area contributed by atoms with Gasteiger partial charge in [-0.2, -0.15) is 5.26 Å². The number of aromatic nitrogens is 4. The molecule has 1 saturated carbocycles. The zero-order valence-corrected chi connectivity index (χ0v) is 68.3. The number of aliphatic hydroxyl groups is 3. The Balaban J connectivity index is 0.000000330. The van der Waals surface area contributed by atoms with Gasteiger partial charge in [-0.25, -0.2) is 22.0 Å². The van der Waals surface area contributed by atoms with E-state index < -0.39 is 34.5 Å². The number of rotatable bonds is 8. The fourth-order valence-corrected chi connectivity index (χ4v) is 10.7. The molecule has 8 aromatic carbocycles. The first-order chi connectivity index (χ1) is 48.2. The first kappa shape index (κ1) is 90.0. The fraction of sp³-hybridized carbons (Fsp3) is 0.176. The maximum Gasteiger partial charge on any atom is 0.171 e. The van der Waals surface area contributed by atoms with Crippen LogP contribution in [-0.4, -0.2) is 52.6 Å². The summed E-state index contributed by atoms with van der Waals surface area (Å²) in [6.45, 7) is 14.8. The van der Waals surface area contributed by atoms with E-state index in [1.165, 1.54) is 131 Å². The van der Waals surface area contributed by atoms with E-state index in [9.17, 15) is 36.3 Å². The summed E-state index contributed by atoms with van der Waals surface area (Å²) in [7, 11) is 0. The molecule has 13 rings (SSSR count). The molecule has 0 spiro atoms. The van der Waals surface area contributed by atoms with Crippen molar-refractivity contribution in [2.24, 2.45) is 0 Å². The van der Waals surface area contributed by atoms with Gasteiger partial charge in [0.15, 0.2) is 29.0 Å². The minimum Gasteiger partial charge on any atom is -0.512 e. The topological polar surface area (TPSA) is 187 Å². The van der Waals surface area contributed by atoms with Gasteiger partial charge in [0.2, 0.25) is 0 Å². The average Bonchev–Trinajstić information content (AvgIpc) is 0.800. The second kappa shape index (κ2) is 44.5. The molecule has 1 aliphatic carbocycles. The van der Waals surface area contributed by atoms with Gasteiger partial charge in [0.1, 0.15) is 5.82 Å². The molecule has 12 aromatic rings. The molecule has 4 heterocycles. The van der Waals surface area contributed by atoms with Gasteiger partial charge >= 0.3 is 0 Å². The van der Waals surface area contributed by atoms with Gasteiger partial charge in [-0.15, -0.1) is 124 Å². The van der Waals surface area contributed by atoms with Crippen molar-refractivity contribution in [1.29, 1.82) is 5.26 Å². The summed E-state index contributed by atoms with van der Waals surface area (Å²) in [5.41, 5.74) is 14.3. The van der Waals surface area contributed by atoms with Crippen molar-refractivity contribution in [1.82, 2.24) is 19.9 Å². The molecule has 105 heavy (non-hydrogen) atoms. The standard InChI is InChI=1S/C21H20N.C18H16N.C16H7F2N2.C15H7F3N.3C5H8O2.4Ir/c1-3-7-16(8-4-1)18-11-13-21-19(15-18)12-14-20(22-21)17-9-5-2-6-10-17;1-12-4-6-17-15(9-12)5-7-18(19-17)16-10-13(2)8-14(3)11-16;17-13-6-12(7-14(18)8-13)16-4-2-11-5-10(9-19)1-3-15(11)20-16;16-10-6-7-12-14(15(10)18)11(17)8-13(19-12)9-4-2-1-3-5-9;3*1-4(6)3-5(2)7;;;;/h2,5-6,9,11-16H,1,3-4,7-8H2;4-10H,1-3H3;1-6,8H;1-4,6-8H;3*3,6H,1-2H3;;;;/q4*-1;;;;;;;. The summed E-state index contributed by atoms with van der Waals surface area (Å²) in [6.07, 6.45) is 10.3. The Bertz CT molecular complexity index is 4950. The number of fused-ring (bicyclic) bond motifs is 4. The summed E-state index contributed by atoms with van der Waals surface area (Å²) in [4.78, 5) is 48.1. The molecule has 4 radical (unpaired) electrons. The van der Waals surface area contributed by atoms with Crippen LogP contribution in [0.1, 0.15) is 107 Å². The molecule has 0 amide bonds. The molecule has 0 bridgehead atoms. The smallest absolute Gasteiger partial charge is 0.171 e. The van der Waals surface area contributed by atoms with Crippen LogP contribution in [0.4, 0.5) is 22.0 Å². The van der Waals surface area contributed by atoms with E-state index >= 15 is 0 Å². The van der Waals surface area contributed by atoms with Crippen LogP contribution in [-0.2, 0) is 94.8 Å². The zero-order valence-electron chi connectivity index (χ0n) is 58.7. The van der Waals surface area contributed by atoms with Crippen molar-refractivity contribution in [3.8, 4) is 51.1 Å². The number of aliphatic hydroxyl groups excluding tert-OH is 3. The summed E-state index contributed by atoms with van der Waals surface area (Å²) in [5, 5.41) is 36.7. The number of halogens is 5. The number of hydrogen-bond donors (Lipinski definition) is 3. The molecular formula is C85H74F5Ir4N5O6-4. The summed E-state index contributed by atoms with van der Waals surface area (Å²) >= 11 is 0. The largest absolute Gasteiger partial charge is 0.512 e. The number of benzene rings is 8. The molecule has 4 aromatic heterocycles. The number of pyridine rings is 4. The van der Waals surface area contributed by atoms with Crippen LogP contribution in [0.15, 0.2) is 217 Å². The Morgan fingerprint density at radius 2 is 0.924 bits per heavy atom. The Labute approximate surface area is 663 Å². The molecule has 0 saturated heterocycles. The minimum atomic E-state index is -1.22. The molecule has 0 unspecified atom stereocenters. The Morgan fingerprint density at radius 1 is 0.457 bits per heavy atom. The van der Waals surface area contributed by atoms with Crippen LogP contribution >= 0.6 is 0 Å². The second-order valence-electron chi connectivity index (χ2n) is 23.9. The summed E-state index contributed by atoms with van der Waals surface area (Å²) in [6, 6.07) is 68.6. The van der Waals surface area contributed by atoms with Crippen molar-refractivity contribution >= 4 is 61.0 Å². The summed E-state index contributed by atoms with van der Waals surface area (Å²) in [5.74, 6) is -4.01. The normalized spacial score (nSPS) is 11.6. The van der Waals surface area contributed by atoms with Gasteiger partial charge in [0.05, 0.1) is 56.4 Å². The molecule has 11 nitrogen and oxygen atoms in total. The predicted octanol–water partition coefficient (Wildman–Crippen LogP) is 21.4. The zero-order chi connectivity index (χ0) is 73.3. The third kappa shape index (κ3) is 29.0. The molecule has 3 N–H and O–H groups in total. The van der Waals surface area contributed by atoms with Gasteiger partial charge < -0.3 is 15.3 Å². The number of aryl methyl sites for hydroxylation is 3. The molecule has 1 fully saturated rings. The number of ketones is 3. The number of carbonyl (C=O) groups excluding carboxylic acids is 3. The van der Waals surface area contributed by atoms with E-state index in [1.807, 2.05) is 24.3 Å². The van der Waals surface area contributed by atoms with Gasteiger partial charge in [0, 0.05) is 110 Å². The molecule has 0 aliphatic heterocycles. The third-order valence-corrected chi connectivity index (χ3v) is 15.0. The number of hydrogen-bond acceptors (Lipinski definition) is 11. The number of allylic oxidation sites excluding steroid dienone is 6. The van der Waals surface area contributed by atoms with E-state index in [-0.39, 0.29) is 126 Å². The maximum absolute atomic E-state index is 13.9. The van der Waals surface area contributed by atoms with Gasteiger partial charge in [-0.05, 0) is 172 Å². The molecule has 0 atom stereocenters. The first-order valence-electron chi connectivity index (χ1n) is 32.2. The maximum atomic E-state index is 13.9. The van der Waals surface area contributed by atoms with E-state index in [0.717, 1.165) is 68.6 Å². The third-order valence-electron chi connectivity index (χ3n) is 15.0. The van der Waals surface area contributed by atoms with Crippen LogP contribution in [0.2, 0.25) is 0 Å². The van der Waals surface area contributed by atoms with Crippen LogP contribution < -0.4 is 0 Å². The monoisotopic (exact) mass is 2130 g/mol. The number of carbonyl (C=O) groups is 3. The fourth-order valence-electron chi connectivity index (χ4n) is 10.7. The Morgan fingerprint density at radius 3 is 1.40 bits per heavy atom. The first-order valence-corrected chi connectivity index (χ1v) is 32.2. The van der Waals surface area contributed by atoms with Gasteiger partial charge in [-0.1, -0.05) is 93.3 Å². The van der Waals surface area contributed by atoms with Crippen LogP contribution in [0.5, 0.6) is 0 Å². The molecule has 20 heteroatoms. The van der Waals surface area contributed by atoms with Crippen molar-refractivity contribution in [2.75, 3.05) is 0 Å². The minimum absolute atomic E-state index is 0.